The molecule has 17 heavy (non-hydrogen) atoms. The molecule has 1 amide bonds. The Morgan fingerprint density at radius 2 is 2.24 bits per heavy atom. The number of hydrogen-bond donors (Lipinski definition) is 2. The maximum atomic E-state index is 11.6. The average Bonchev–Trinajstić information content (AvgIpc) is 2.70. The fourth-order valence-corrected chi connectivity index (χ4v) is 2.17. The van der Waals surface area contributed by atoms with Gasteiger partial charge in [0.15, 0.2) is 0 Å². The van der Waals surface area contributed by atoms with Crippen LogP contribution in [0.25, 0.3) is 0 Å². The lowest BCUT2D eigenvalue weighted by Crippen LogP contribution is -2.38. The molecule has 1 aliphatic rings. The van der Waals surface area contributed by atoms with Crippen LogP contribution in [0.4, 0.5) is 0 Å². The molecule has 1 aliphatic heterocycles. The lowest BCUT2D eigenvalue weighted by Gasteiger charge is -2.14. The fourth-order valence-electron chi connectivity index (χ4n) is 2.17. The highest BCUT2D eigenvalue weighted by atomic mass is 16.5. The predicted molar refractivity (Wildman–Crippen MR) is 69.0 cm³/mol. The van der Waals surface area contributed by atoms with E-state index in [1.807, 2.05) is 0 Å². The second-order valence-corrected chi connectivity index (χ2v) is 4.95. The Morgan fingerprint density at radius 1 is 1.47 bits per heavy atom. The monoisotopic (exact) mass is 242 g/mol. The SMILES string of the molecule is CCN[C@H](C)CNC(=O)CCC1CCC(C)O1. The summed E-state index contributed by atoms with van der Waals surface area (Å²) >= 11 is 0. The number of nitrogens with one attached hydrogen (secondary N) is 2. The minimum absolute atomic E-state index is 0.137. The number of rotatable bonds is 7. The number of carbonyl (C=O) groups is 1. The van der Waals surface area contributed by atoms with E-state index in [0.29, 0.717) is 31.2 Å². The number of amides is 1. The zero-order valence-electron chi connectivity index (χ0n) is 11.3. The molecule has 1 saturated heterocycles. The van der Waals surface area contributed by atoms with Crippen LogP contribution in [0, 0.1) is 0 Å². The second kappa shape index (κ2) is 7.67. The van der Waals surface area contributed by atoms with Gasteiger partial charge in [-0.1, -0.05) is 6.92 Å². The molecule has 1 rings (SSSR count). The van der Waals surface area contributed by atoms with Crippen LogP contribution in [0.3, 0.4) is 0 Å². The van der Waals surface area contributed by atoms with E-state index in [1.54, 1.807) is 0 Å². The lowest BCUT2D eigenvalue weighted by atomic mass is 10.1. The highest BCUT2D eigenvalue weighted by molar-refractivity contribution is 5.75. The van der Waals surface area contributed by atoms with Crippen molar-refractivity contribution in [1.82, 2.24) is 10.6 Å². The molecule has 0 aromatic rings. The first-order valence-electron chi connectivity index (χ1n) is 6.77. The van der Waals surface area contributed by atoms with Gasteiger partial charge in [-0.3, -0.25) is 4.79 Å². The van der Waals surface area contributed by atoms with Gasteiger partial charge in [-0.15, -0.1) is 0 Å². The highest BCUT2D eigenvalue weighted by Crippen LogP contribution is 2.22. The van der Waals surface area contributed by atoms with Crippen LogP contribution in [0.5, 0.6) is 0 Å². The Labute approximate surface area is 104 Å². The second-order valence-electron chi connectivity index (χ2n) is 4.95. The third kappa shape index (κ3) is 6.03. The van der Waals surface area contributed by atoms with Crippen molar-refractivity contribution in [2.75, 3.05) is 13.1 Å². The van der Waals surface area contributed by atoms with Crippen LogP contribution < -0.4 is 10.6 Å². The van der Waals surface area contributed by atoms with Crippen molar-refractivity contribution < 1.29 is 9.53 Å². The minimum atomic E-state index is 0.137. The largest absolute Gasteiger partial charge is 0.375 e. The van der Waals surface area contributed by atoms with Crippen LogP contribution in [0.2, 0.25) is 0 Å². The zero-order chi connectivity index (χ0) is 12.7. The number of hydrogen-bond acceptors (Lipinski definition) is 3. The van der Waals surface area contributed by atoms with Gasteiger partial charge >= 0.3 is 0 Å². The van der Waals surface area contributed by atoms with E-state index in [9.17, 15) is 4.79 Å². The van der Waals surface area contributed by atoms with Crippen molar-refractivity contribution in [1.29, 1.82) is 0 Å². The summed E-state index contributed by atoms with van der Waals surface area (Å²) < 4.78 is 5.68. The molecule has 3 atom stereocenters. The molecule has 0 aromatic carbocycles. The summed E-state index contributed by atoms with van der Waals surface area (Å²) in [6, 6.07) is 0.340. The summed E-state index contributed by atoms with van der Waals surface area (Å²) in [7, 11) is 0. The van der Waals surface area contributed by atoms with E-state index in [1.165, 1.54) is 0 Å². The molecule has 0 aromatic heterocycles. The molecule has 2 unspecified atom stereocenters. The molecule has 0 saturated carbocycles. The number of likely N-dealkylation sites (N-methyl/N-ethyl adjacent to an activating group) is 1. The molecule has 0 aliphatic carbocycles. The molecule has 100 valence electrons. The van der Waals surface area contributed by atoms with Crippen molar-refractivity contribution in [2.24, 2.45) is 0 Å². The minimum Gasteiger partial charge on any atom is -0.375 e. The first-order valence-corrected chi connectivity index (χ1v) is 6.77. The lowest BCUT2D eigenvalue weighted by molar-refractivity contribution is -0.121. The van der Waals surface area contributed by atoms with Gasteiger partial charge in [0.1, 0.15) is 0 Å². The van der Waals surface area contributed by atoms with Gasteiger partial charge in [0.05, 0.1) is 12.2 Å². The molecule has 2 N–H and O–H groups in total. The van der Waals surface area contributed by atoms with Crippen LogP contribution in [-0.4, -0.2) is 37.2 Å². The van der Waals surface area contributed by atoms with Crippen LogP contribution in [-0.2, 0) is 9.53 Å². The molecule has 4 heteroatoms. The van der Waals surface area contributed by atoms with E-state index in [0.717, 1.165) is 25.8 Å². The fraction of sp³-hybridized carbons (Fsp3) is 0.923. The maximum absolute atomic E-state index is 11.6. The van der Waals surface area contributed by atoms with Crippen molar-refractivity contribution in [3.05, 3.63) is 0 Å². The molecule has 0 spiro atoms. The number of ether oxygens (including phenoxy) is 1. The Hall–Kier alpha value is -0.610. The standard InChI is InChI=1S/C13H26N2O2/c1-4-14-10(2)9-15-13(16)8-7-12-6-5-11(3)17-12/h10-12,14H,4-9H2,1-3H3,(H,15,16)/t10-,11?,12?/m1/s1. The van der Waals surface area contributed by atoms with Gasteiger partial charge in [-0.25, -0.2) is 0 Å². The molecular formula is C13H26N2O2. The Kier molecular flexibility index (Phi) is 6.52. The van der Waals surface area contributed by atoms with Crippen molar-refractivity contribution in [2.45, 2.75) is 64.7 Å². The van der Waals surface area contributed by atoms with Crippen LogP contribution >= 0.6 is 0 Å². The van der Waals surface area contributed by atoms with Gasteiger partial charge in [0.25, 0.3) is 0 Å². The van der Waals surface area contributed by atoms with Gasteiger partial charge < -0.3 is 15.4 Å². The molecule has 0 bridgehead atoms. The summed E-state index contributed by atoms with van der Waals surface area (Å²) in [5.41, 5.74) is 0. The van der Waals surface area contributed by atoms with E-state index >= 15 is 0 Å². The molecule has 1 heterocycles. The quantitative estimate of drug-likeness (QED) is 0.710. The maximum Gasteiger partial charge on any atom is 0.220 e. The average molecular weight is 242 g/mol. The summed E-state index contributed by atoms with van der Waals surface area (Å²) in [6.45, 7) is 7.88. The van der Waals surface area contributed by atoms with E-state index < -0.39 is 0 Å². The summed E-state index contributed by atoms with van der Waals surface area (Å²) in [5.74, 6) is 0.137. The van der Waals surface area contributed by atoms with E-state index in [4.69, 9.17) is 4.74 Å². The summed E-state index contributed by atoms with van der Waals surface area (Å²) in [6.07, 6.45) is 4.33. The normalized spacial score (nSPS) is 25.8. The number of carbonyl (C=O) groups excluding carboxylic acids is 1. The first-order chi connectivity index (χ1) is 8.11. The molecular weight excluding hydrogens is 216 g/mol. The molecule has 4 nitrogen and oxygen atoms in total. The smallest absolute Gasteiger partial charge is 0.220 e. The Morgan fingerprint density at radius 3 is 2.82 bits per heavy atom. The Bertz CT molecular complexity index is 233. The van der Waals surface area contributed by atoms with E-state index in [2.05, 4.69) is 31.4 Å². The zero-order valence-corrected chi connectivity index (χ0v) is 11.3. The van der Waals surface area contributed by atoms with E-state index in [-0.39, 0.29) is 5.91 Å². The van der Waals surface area contributed by atoms with Crippen molar-refractivity contribution >= 4 is 5.91 Å². The predicted octanol–water partition coefficient (Wildman–Crippen LogP) is 1.45. The molecule has 1 fully saturated rings. The Balaban J connectivity index is 2.05. The summed E-state index contributed by atoms with van der Waals surface area (Å²) in [5, 5.41) is 6.21. The third-order valence-corrected chi connectivity index (χ3v) is 3.17. The van der Waals surface area contributed by atoms with Gasteiger partial charge in [0, 0.05) is 19.0 Å². The van der Waals surface area contributed by atoms with Crippen molar-refractivity contribution in [3.63, 3.8) is 0 Å². The van der Waals surface area contributed by atoms with Gasteiger partial charge in [-0.2, -0.15) is 0 Å². The topological polar surface area (TPSA) is 50.4 Å². The van der Waals surface area contributed by atoms with Crippen LogP contribution in [0.15, 0.2) is 0 Å². The molecule has 0 radical (unpaired) electrons. The van der Waals surface area contributed by atoms with Crippen molar-refractivity contribution in [3.8, 4) is 0 Å². The third-order valence-electron chi connectivity index (χ3n) is 3.17. The van der Waals surface area contributed by atoms with Gasteiger partial charge in [0.2, 0.25) is 5.91 Å². The first kappa shape index (κ1) is 14.5. The highest BCUT2D eigenvalue weighted by Gasteiger charge is 2.22. The van der Waals surface area contributed by atoms with Gasteiger partial charge in [-0.05, 0) is 39.7 Å². The van der Waals surface area contributed by atoms with Crippen LogP contribution in [0.1, 0.15) is 46.5 Å². The summed E-state index contributed by atoms with van der Waals surface area (Å²) in [4.78, 5) is 11.6.